The summed E-state index contributed by atoms with van der Waals surface area (Å²) in [4.78, 5) is 38.6. The van der Waals surface area contributed by atoms with E-state index in [0.29, 0.717) is 37.7 Å². The summed E-state index contributed by atoms with van der Waals surface area (Å²) in [6.07, 6.45) is 2.15. The fourth-order valence-electron chi connectivity index (χ4n) is 4.98. The highest BCUT2D eigenvalue weighted by molar-refractivity contribution is 5.89. The van der Waals surface area contributed by atoms with Gasteiger partial charge in [-0.2, -0.15) is 0 Å². The standard InChI is InChI=1S/C24H30N6O3/c1-3-25-24(32)26-17-6-4-16(5-7-17)22-27-21-18(10-11-30-19(21)8-9-20(30)31)23(28-22)29-12-13-33-14-15(29)2/h4-7,15,19H,3,8-14H2,1-2H3,(H2,25,26,32)/t15-,19-/m1/s1. The fraction of sp³-hybridized carbons (Fsp3) is 0.500. The molecule has 2 saturated heterocycles. The Labute approximate surface area is 193 Å². The van der Waals surface area contributed by atoms with Crippen LogP contribution >= 0.6 is 0 Å². The molecule has 0 spiro atoms. The van der Waals surface area contributed by atoms with Crippen LogP contribution in [0, 0.1) is 0 Å². The number of nitrogens with zero attached hydrogens (tertiary/aromatic N) is 4. The van der Waals surface area contributed by atoms with Gasteiger partial charge in [0.1, 0.15) is 5.82 Å². The van der Waals surface area contributed by atoms with E-state index in [0.717, 1.165) is 48.6 Å². The van der Waals surface area contributed by atoms with E-state index in [9.17, 15) is 9.59 Å². The number of amides is 3. The first-order chi connectivity index (χ1) is 16.0. The molecule has 2 N–H and O–H groups in total. The molecule has 174 valence electrons. The molecular weight excluding hydrogens is 420 g/mol. The Hall–Kier alpha value is -3.20. The molecule has 9 heteroatoms. The van der Waals surface area contributed by atoms with Crippen molar-refractivity contribution in [2.45, 2.75) is 45.2 Å². The number of ether oxygens (including phenoxy) is 1. The molecule has 0 radical (unpaired) electrons. The highest BCUT2D eigenvalue weighted by Gasteiger charge is 2.40. The van der Waals surface area contributed by atoms with E-state index in [2.05, 4.69) is 22.5 Å². The SMILES string of the molecule is CCNC(=O)Nc1ccc(-c2nc3c(c(N4CCOC[C@H]4C)n2)CCN2C(=O)CC[C@H]32)cc1. The van der Waals surface area contributed by atoms with Gasteiger partial charge in [0.25, 0.3) is 0 Å². The van der Waals surface area contributed by atoms with Gasteiger partial charge in [-0.1, -0.05) is 0 Å². The second-order valence-electron chi connectivity index (χ2n) is 8.81. The Morgan fingerprint density at radius 3 is 2.73 bits per heavy atom. The molecule has 2 aromatic rings. The van der Waals surface area contributed by atoms with E-state index >= 15 is 0 Å². The number of urea groups is 1. The van der Waals surface area contributed by atoms with Crippen LogP contribution in [0.15, 0.2) is 24.3 Å². The summed E-state index contributed by atoms with van der Waals surface area (Å²) in [6.45, 7) is 7.45. The molecule has 33 heavy (non-hydrogen) atoms. The van der Waals surface area contributed by atoms with Crippen LogP contribution in [0.1, 0.15) is 44.0 Å². The number of carbonyl (C=O) groups excluding carboxylic acids is 2. The number of aromatic nitrogens is 2. The predicted molar refractivity (Wildman–Crippen MR) is 125 cm³/mol. The number of nitrogens with one attached hydrogen (secondary N) is 2. The van der Waals surface area contributed by atoms with Gasteiger partial charge in [-0.25, -0.2) is 14.8 Å². The first-order valence-electron chi connectivity index (χ1n) is 11.7. The Kier molecular flexibility index (Phi) is 5.88. The quantitative estimate of drug-likeness (QED) is 0.743. The van der Waals surface area contributed by atoms with Gasteiger partial charge in [-0.05, 0) is 51.0 Å². The number of fused-ring (bicyclic) bond motifs is 3. The van der Waals surface area contributed by atoms with Crippen LogP contribution in [0.3, 0.4) is 0 Å². The molecule has 0 bridgehead atoms. The summed E-state index contributed by atoms with van der Waals surface area (Å²) in [6, 6.07) is 7.58. The first kappa shape index (κ1) is 21.6. The predicted octanol–water partition coefficient (Wildman–Crippen LogP) is 2.73. The van der Waals surface area contributed by atoms with E-state index in [1.807, 2.05) is 36.1 Å². The summed E-state index contributed by atoms with van der Waals surface area (Å²) in [7, 11) is 0. The zero-order chi connectivity index (χ0) is 22.9. The monoisotopic (exact) mass is 450 g/mol. The van der Waals surface area contributed by atoms with Crippen molar-refractivity contribution in [2.24, 2.45) is 0 Å². The zero-order valence-corrected chi connectivity index (χ0v) is 19.1. The molecule has 2 atom stereocenters. The van der Waals surface area contributed by atoms with Gasteiger partial charge in [0, 0.05) is 42.9 Å². The summed E-state index contributed by atoms with van der Waals surface area (Å²) < 4.78 is 5.66. The van der Waals surface area contributed by atoms with Crippen molar-refractivity contribution < 1.29 is 14.3 Å². The van der Waals surface area contributed by atoms with Gasteiger partial charge in [0.05, 0.1) is 31.0 Å². The lowest BCUT2D eigenvalue weighted by atomic mass is 9.97. The van der Waals surface area contributed by atoms with Crippen LogP contribution in [-0.2, 0) is 16.0 Å². The molecule has 3 amide bonds. The van der Waals surface area contributed by atoms with Gasteiger partial charge in [-0.3, -0.25) is 4.79 Å². The largest absolute Gasteiger partial charge is 0.377 e. The third-order valence-electron chi connectivity index (χ3n) is 6.64. The van der Waals surface area contributed by atoms with Crippen LogP contribution in [-0.4, -0.2) is 65.7 Å². The van der Waals surface area contributed by atoms with Crippen molar-refractivity contribution in [3.05, 3.63) is 35.5 Å². The molecule has 2 fully saturated rings. The molecular formula is C24H30N6O3. The highest BCUT2D eigenvalue weighted by atomic mass is 16.5. The van der Waals surface area contributed by atoms with Crippen molar-refractivity contribution in [1.29, 1.82) is 0 Å². The molecule has 1 aromatic carbocycles. The Morgan fingerprint density at radius 1 is 1.15 bits per heavy atom. The number of hydrogen-bond acceptors (Lipinski definition) is 6. The normalized spacial score (nSPS) is 22.1. The maximum Gasteiger partial charge on any atom is 0.319 e. The van der Waals surface area contributed by atoms with E-state index in [-0.39, 0.29) is 24.0 Å². The maximum absolute atomic E-state index is 12.4. The smallest absolute Gasteiger partial charge is 0.319 e. The van der Waals surface area contributed by atoms with E-state index in [1.54, 1.807) is 0 Å². The Morgan fingerprint density at radius 2 is 1.97 bits per heavy atom. The average Bonchev–Trinajstić information content (AvgIpc) is 3.20. The van der Waals surface area contributed by atoms with Crippen LogP contribution < -0.4 is 15.5 Å². The molecule has 0 unspecified atom stereocenters. The number of carbonyl (C=O) groups is 2. The minimum absolute atomic E-state index is 0.0248. The van der Waals surface area contributed by atoms with Crippen LogP contribution in [0.2, 0.25) is 0 Å². The summed E-state index contributed by atoms with van der Waals surface area (Å²) in [5.41, 5.74) is 3.73. The number of hydrogen-bond donors (Lipinski definition) is 2. The lowest BCUT2D eigenvalue weighted by Crippen LogP contribution is -2.45. The molecule has 5 rings (SSSR count). The average molecular weight is 451 g/mol. The maximum atomic E-state index is 12.4. The van der Waals surface area contributed by atoms with Gasteiger partial charge < -0.3 is 25.2 Å². The second-order valence-corrected chi connectivity index (χ2v) is 8.81. The van der Waals surface area contributed by atoms with E-state index in [1.165, 1.54) is 0 Å². The van der Waals surface area contributed by atoms with E-state index in [4.69, 9.17) is 14.7 Å². The van der Waals surface area contributed by atoms with Crippen molar-refractivity contribution in [3.8, 4) is 11.4 Å². The second kappa shape index (κ2) is 8.97. The summed E-state index contributed by atoms with van der Waals surface area (Å²) in [5.74, 6) is 1.83. The fourth-order valence-corrected chi connectivity index (χ4v) is 4.98. The third-order valence-corrected chi connectivity index (χ3v) is 6.64. The zero-order valence-electron chi connectivity index (χ0n) is 19.1. The lowest BCUT2D eigenvalue weighted by Gasteiger charge is -2.38. The number of rotatable bonds is 4. The molecule has 4 heterocycles. The van der Waals surface area contributed by atoms with Gasteiger partial charge >= 0.3 is 6.03 Å². The molecule has 0 saturated carbocycles. The minimum atomic E-state index is -0.232. The van der Waals surface area contributed by atoms with Crippen molar-refractivity contribution >= 4 is 23.4 Å². The third kappa shape index (κ3) is 4.13. The number of morpholine rings is 1. The van der Waals surface area contributed by atoms with Crippen molar-refractivity contribution in [2.75, 3.05) is 43.1 Å². The summed E-state index contributed by atoms with van der Waals surface area (Å²) >= 11 is 0. The van der Waals surface area contributed by atoms with Gasteiger partial charge in [-0.15, -0.1) is 0 Å². The molecule has 0 aliphatic carbocycles. The Balaban J connectivity index is 1.53. The highest BCUT2D eigenvalue weighted by Crippen LogP contribution is 2.41. The summed E-state index contributed by atoms with van der Waals surface area (Å²) in [5, 5.41) is 5.54. The number of anilines is 2. The van der Waals surface area contributed by atoms with E-state index < -0.39 is 0 Å². The van der Waals surface area contributed by atoms with Gasteiger partial charge in [0.15, 0.2) is 5.82 Å². The molecule has 1 aromatic heterocycles. The molecule has 3 aliphatic rings. The molecule has 3 aliphatic heterocycles. The van der Waals surface area contributed by atoms with Crippen LogP contribution in [0.25, 0.3) is 11.4 Å². The lowest BCUT2D eigenvalue weighted by molar-refractivity contribution is -0.129. The minimum Gasteiger partial charge on any atom is -0.377 e. The first-order valence-corrected chi connectivity index (χ1v) is 11.7. The number of benzene rings is 1. The van der Waals surface area contributed by atoms with Gasteiger partial charge in [0.2, 0.25) is 5.91 Å². The topological polar surface area (TPSA) is 99.7 Å². The van der Waals surface area contributed by atoms with Crippen LogP contribution in [0.5, 0.6) is 0 Å². The Bertz CT molecular complexity index is 1060. The molecule has 9 nitrogen and oxygen atoms in total. The van der Waals surface area contributed by atoms with Crippen LogP contribution in [0.4, 0.5) is 16.3 Å². The van der Waals surface area contributed by atoms with Crippen molar-refractivity contribution in [3.63, 3.8) is 0 Å². The van der Waals surface area contributed by atoms with Crippen molar-refractivity contribution in [1.82, 2.24) is 20.2 Å².